The fourth-order valence-electron chi connectivity index (χ4n) is 2.96. The number of ether oxygens (including phenoxy) is 1. The van der Waals surface area contributed by atoms with Gasteiger partial charge in [-0.1, -0.05) is 29.3 Å². The summed E-state index contributed by atoms with van der Waals surface area (Å²) >= 11 is 3.38. The second-order valence-electron chi connectivity index (χ2n) is 6.83. The summed E-state index contributed by atoms with van der Waals surface area (Å²) in [6.45, 7) is 8.20. The normalized spacial score (nSPS) is 11.4. The van der Waals surface area contributed by atoms with Crippen LogP contribution in [0.1, 0.15) is 43.6 Å². The van der Waals surface area contributed by atoms with Gasteiger partial charge in [-0.2, -0.15) is 14.8 Å². The van der Waals surface area contributed by atoms with Crippen LogP contribution in [0.4, 0.5) is 11.4 Å². The average molecular weight is 473 g/mol. The first-order valence-electron chi connectivity index (χ1n) is 9.94. The number of nitrogens with zero attached hydrogens (tertiary/aromatic N) is 5. The van der Waals surface area contributed by atoms with Crippen molar-refractivity contribution in [2.45, 2.75) is 47.0 Å². The molecule has 1 N–H and O–H groups in total. The van der Waals surface area contributed by atoms with E-state index in [-0.39, 0.29) is 17.2 Å². The van der Waals surface area contributed by atoms with E-state index in [0.29, 0.717) is 23.9 Å². The summed E-state index contributed by atoms with van der Waals surface area (Å²) in [6, 6.07) is 7.35. The minimum atomic E-state index is -0.364. The molecule has 9 heteroatoms. The van der Waals surface area contributed by atoms with Crippen molar-refractivity contribution >= 4 is 27.3 Å². The molecule has 0 radical (unpaired) electrons. The third kappa shape index (κ3) is 4.84. The summed E-state index contributed by atoms with van der Waals surface area (Å²) in [7, 11) is 0. The van der Waals surface area contributed by atoms with Gasteiger partial charge in [-0.3, -0.25) is 9.89 Å². The molecule has 2 heterocycles. The maximum absolute atomic E-state index is 13.0. The lowest BCUT2D eigenvalue weighted by atomic mass is 10.1. The Hall–Kier alpha value is -2.81. The second kappa shape index (κ2) is 9.80. The van der Waals surface area contributed by atoms with E-state index in [1.807, 2.05) is 38.1 Å². The highest BCUT2D eigenvalue weighted by Gasteiger charge is 2.18. The molecule has 0 aliphatic rings. The van der Waals surface area contributed by atoms with Crippen molar-refractivity contribution in [1.82, 2.24) is 19.7 Å². The van der Waals surface area contributed by atoms with Gasteiger partial charge in [-0.05, 0) is 57.9 Å². The number of azo groups is 1. The predicted molar refractivity (Wildman–Crippen MR) is 120 cm³/mol. The number of aryl methyl sites for hydroxylation is 2. The van der Waals surface area contributed by atoms with Crippen molar-refractivity contribution < 1.29 is 4.74 Å². The van der Waals surface area contributed by atoms with E-state index < -0.39 is 0 Å². The first kappa shape index (κ1) is 21.9. The Kier molecular flexibility index (Phi) is 7.15. The van der Waals surface area contributed by atoms with E-state index in [2.05, 4.69) is 48.1 Å². The summed E-state index contributed by atoms with van der Waals surface area (Å²) in [6.07, 6.45) is 2.92. The Labute approximate surface area is 183 Å². The molecule has 0 atom stereocenters. The van der Waals surface area contributed by atoms with Crippen molar-refractivity contribution in [3.63, 3.8) is 0 Å². The smallest absolute Gasteiger partial charge is 0.301 e. The van der Waals surface area contributed by atoms with Crippen LogP contribution in [-0.2, 0) is 6.42 Å². The monoisotopic (exact) mass is 472 g/mol. The molecule has 0 aliphatic heterocycles. The number of rotatable bonds is 8. The Balaban J connectivity index is 1.99. The number of nitrogens with one attached hydrogen (secondary N) is 1. The summed E-state index contributed by atoms with van der Waals surface area (Å²) in [5.74, 6) is 0.750. The number of H-pyrrole nitrogens is 1. The van der Waals surface area contributed by atoms with Gasteiger partial charge in [0.1, 0.15) is 0 Å². The van der Waals surface area contributed by atoms with E-state index in [1.165, 1.54) is 4.68 Å². The number of benzene rings is 1. The molecule has 30 heavy (non-hydrogen) atoms. The van der Waals surface area contributed by atoms with Crippen molar-refractivity contribution in [2.75, 3.05) is 6.61 Å². The van der Waals surface area contributed by atoms with E-state index in [0.717, 1.165) is 35.0 Å². The van der Waals surface area contributed by atoms with Gasteiger partial charge in [-0.15, -0.1) is 5.11 Å². The quantitative estimate of drug-likeness (QED) is 0.438. The topological polar surface area (TPSA) is 97.5 Å². The van der Waals surface area contributed by atoms with Crippen LogP contribution in [0, 0.1) is 13.8 Å². The van der Waals surface area contributed by atoms with Gasteiger partial charge in [-0.25, -0.2) is 4.98 Å². The maximum Gasteiger partial charge on any atom is 0.301 e. The van der Waals surface area contributed by atoms with Crippen molar-refractivity contribution in [3.8, 4) is 11.8 Å². The van der Waals surface area contributed by atoms with Crippen LogP contribution in [0.3, 0.4) is 0 Å². The molecule has 8 nitrogen and oxygen atoms in total. The molecule has 2 aromatic heterocycles. The van der Waals surface area contributed by atoms with E-state index >= 15 is 0 Å². The number of aromatic amines is 1. The Morgan fingerprint density at radius 2 is 1.87 bits per heavy atom. The summed E-state index contributed by atoms with van der Waals surface area (Å²) < 4.78 is 7.97. The lowest BCUT2D eigenvalue weighted by Crippen LogP contribution is -2.19. The highest BCUT2D eigenvalue weighted by Crippen LogP contribution is 2.24. The van der Waals surface area contributed by atoms with Crippen molar-refractivity contribution in [2.24, 2.45) is 10.2 Å². The first-order chi connectivity index (χ1) is 14.4. The molecule has 3 rings (SSSR count). The van der Waals surface area contributed by atoms with Crippen molar-refractivity contribution in [3.05, 3.63) is 56.0 Å². The fourth-order valence-corrected chi connectivity index (χ4v) is 3.23. The molecule has 0 aliphatic carbocycles. The zero-order valence-electron chi connectivity index (χ0n) is 17.6. The van der Waals surface area contributed by atoms with Gasteiger partial charge in [0.25, 0.3) is 5.95 Å². The Bertz CT molecular complexity index is 1100. The number of hydrogen-bond donors (Lipinski definition) is 1. The van der Waals surface area contributed by atoms with Crippen LogP contribution in [0.5, 0.6) is 5.88 Å². The molecule has 3 aromatic rings. The molecule has 0 amide bonds. The van der Waals surface area contributed by atoms with E-state index in [4.69, 9.17) is 4.74 Å². The largest absolute Gasteiger partial charge is 0.478 e. The molecule has 0 spiro atoms. The van der Waals surface area contributed by atoms with Gasteiger partial charge in [0.05, 0.1) is 18.0 Å². The third-order valence-corrected chi connectivity index (χ3v) is 5.09. The zero-order valence-corrected chi connectivity index (χ0v) is 19.2. The fraction of sp³-hybridized carbons (Fsp3) is 0.381. The number of unbranched alkanes of at least 4 members (excludes halogenated alkanes) is 1. The molecular weight excluding hydrogens is 448 g/mol. The van der Waals surface area contributed by atoms with Gasteiger partial charge in [0.15, 0.2) is 5.69 Å². The minimum Gasteiger partial charge on any atom is -0.478 e. The van der Waals surface area contributed by atoms with Crippen LogP contribution < -0.4 is 10.3 Å². The van der Waals surface area contributed by atoms with Gasteiger partial charge in [0.2, 0.25) is 5.88 Å². The Morgan fingerprint density at radius 1 is 1.13 bits per heavy atom. The maximum atomic E-state index is 13.0. The number of halogens is 1. The predicted octanol–water partition coefficient (Wildman–Crippen LogP) is 5.49. The molecule has 0 saturated carbocycles. The molecule has 0 saturated heterocycles. The summed E-state index contributed by atoms with van der Waals surface area (Å²) in [5.41, 5.74) is 2.86. The lowest BCUT2D eigenvalue weighted by molar-refractivity contribution is 0.320. The van der Waals surface area contributed by atoms with Gasteiger partial charge < -0.3 is 4.74 Å². The van der Waals surface area contributed by atoms with Crippen LogP contribution in [-0.4, -0.2) is 26.4 Å². The van der Waals surface area contributed by atoms with Gasteiger partial charge >= 0.3 is 5.56 Å². The highest BCUT2D eigenvalue weighted by molar-refractivity contribution is 9.10. The van der Waals surface area contributed by atoms with Crippen LogP contribution >= 0.6 is 15.9 Å². The molecular formula is C21H25BrN6O2. The van der Waals surface area contributed by atoms with Crippen LogP contribution in [0.2, 0.25) is 0 Å². The van der Waals surface area contributed by atoms with Crippen molar-refractivity contribution in [1.29, 1.82) is 0 Å². The molecule has 0 unspecified atom stereocenters. The number of aromatic nitrogens is 4. The molecule has 0 fully saturated rings. The highest BCUT2D eigenvalue weighted by atomic mass is 79.9. The SMILES string of the molecule is CCCCc1c(C)nc(-n2[nH]c(C)c(N=Nc3ccc(Br)cc3)c2=O)nc1OCC. The van der Waals surface area contributed by atoms with E-state index in [9.17, 15) is 4.79 Å². The average Bonchev–Trinajstić information content (AvgIpc) is 3.01. The standard InChI is InChI=1S/C21H25BrN6O2/c1-5-7-8-17-13(3)23-21(24-19(17)30-6-2)28-20(29)18(14(4)27-28)26-25-16-11-9-15(22)10-12-16/h9-12,27H,5-8H2,1-4H3. The lowest BCUT2D eigenvalue weighted by Gasteiger charge is -2.13. The van der Waals surface area contributed by atoms with E-state index in [1.54, 1.807) is 6.92 Å². The molecule has 0 bridgehead atoms. The Morgan fingerprint density at radius 3 is 2.53 bits per heavy atom. The van der Waals surface area contributed by atoms with Gasteiger partial charge in [0, 0.05) is 15.7 Å². The second-order valence-corrected chi connectivity index (χ2v) is 7.75. The molecule has 1 aromatic carbocycles. The first-order valence-corrected chi connectivity index (χ1v) is 10.7. The summed E-state index contributed by atoms with van der Waals surface area (Å²) in [4.78, 5) is 22.0. The van der Waals surface area contributed by atoms with Crippen LogP contribution in [0.15, 0.2) is 43.8 Å². The molecule has 158 valence electrons. The van der Waals surface area contributed by atoms with Crippen LogP contribution in [0.25, 0.3) is 5.95 Å². The zero-order chi connectivity index (χ0) is 21.7. The summed E-state index contributed by atoms with van der Waals surface area (Å²) in [5, 5.41) is 11.3. The minimum absolute atomic E-state index is 0.215. The third-order valence-electron chi connectivity index (χ3n) is 4.56. The number of hydrogen-bond acceptors (Lipinski definition) is 6.